The van der Waals surface area contributed by atoms with Gasteiger partial charge in [0.25, 0.3) is 0 Å². The fourth-order valence-corrected chi connectivity index (χ4v) is 2.08. The highest BCUT2D eigenvalue weighted by Gasteiger charge is 2.31. The number of amides is 1. The third-order valence-corrected chi connectivity index (χ3v) is 3.15. The van der Waals surface area contributed by atoms with Gasteiger partial charge in [-0.3, -0.25) is 0 Å². The van der Waals surface area contributed by atoms with Gasteiger partial charge in [0.1, 0.15) is 0 Å². The molecular formula is C10H18N2O2. The van der Waals surface area contributed by atoms with E-state index in [-0.39, 0.29) is 6.04 Å². The summed E-state index contributed by atoms with van der Waals surface area (Å²) < 4.78 is 0. The molecule has 2 N–H and O–H groups in total. The monoisotopic (exact) mass is 198 g/mol. The highest BCUT2D eigenvalue weighted by atomic mass is 16.4. The summed E-state index contributed by atoms with van der Waals surface area (Å²) in [5.74, 6) is 0.654. The van der Waals surface area contributed by atoms with Crippen LogP contribution in [0.2, 0.25) is 0 Å². The predicted molar refractivity (Wildman–Crippen MR) is 53.3 cm³/mol. The fourth-order valence-electron chi connectivity index (χ4n) is 2.08. The molecule has 14 heavy (non-hydrogen) atoms. The third-order valence-electron chi connectivity index (χ3n) is 3.15. The molecule has 4 nitrogen and oxygen atoms in total. The summed E-state index contributed by atoms with van der Waals surface area (Å²) in [5, 5.41) is 12.4. The first-order valence-corrected chi connectivity index (χ1v) is 5.47. The Bertz CT molecular complexity index is 210. The van der Waals surface area contributed by atoms with Crippen molar-refractivity contribution < 1.29 is 9.90 Å². The summed E-state index contributed by atoms with van der Waals surface area (Å²) in [6, 6.07) is 0.259. The summed E-state index contributed by atoms with van der Waals surface area (Å²) in [6.45, 7) is 2.68. The molecule has 4 heteroatoms. The van der Waals surface area contributed by atoms with Gasteiger partial charge in [0.15, 0.2) is 0 Å². The summed E-state index contributed by atoms with van der Waals surface area (Å²) in [7, 11) is 0. The molecule has 0 aromatic heterocycles. The molecule has 2 aliphatic rings. The van der Waals surface area contributed by atoms with E-state index in [2.05, 4.69) is 5.32 Å². The largest absolute Gasteiger partial charge is 0.465 e. The van der Waals surface area contributed by atoms with Crippen LogP contribution in [-0.4, -0.2) is 41.8 Å². The molecule has 0 spiro atoms. The van der Waals surface area contributed by atoms with E-state index in [9.17, 15) is 4.79 Å². The number of hydrogen-bond donors (Lipinski definition) is 2. The molecule has 80 valence electrons. The smallest absolute Gasteiger partial charge is 0.407 e. The molecule has 0 bridgehead atoms. The van der Waals surface area contributed by atoms with Crippen LogP contribution in [0.4, 0.5) is 4.79 Å². The Morgan fingerprint density at radius 1 is 1.29 bits per heavy atom. The molecule has 1 saturated carbocycles. The molecule has 0 radical (unpaired) electrons. The van der Waals surface area contributed by atoms with Gasteiger partial charge in [0, 0.05) is 12.6 Å². The quantitative estimate of drug-likeness (QED) is 0.714. The summed E-state index contributed by atoms with van der Waals surface area (Å²) >= 11 is 0. The minimum absolute atomic E-state index is 0.259. The summed E-state index contributed by atoms with van der Waals surface area (Å²) in [6.07, 6.45) is 3.64. The molecule has 0 aromatic rings. The van der Waals surface area contributed by atoms with Gasteiger partial charge in [0.2, 0.25) is 0 Å². The second-order valence-corrected chi connectivity index (χ2v) is 4.36. The van der Waals surface area contributed by atoms with Gasteiger partial charge in [-0.25, -0.2) is 4.79 Å². The van der Waals surface area contributed by atoms with Crippen molar-refractivity contribution >= 4 is 6.09 Å². The van der Waals surface area contributed by atoms with E-state index in [4.69, 9.17) is 5.11 Å². The van der Waals surface area contributed by atoms with Crippen LogP contribution in [0, 0.1) is 5.92 Å². The molecular weight excluding hydrogens is 180 g/mol. The molecule has 2 rings (SSSR count). The van der Waals surface area contributed by atoms with Gasteiger partial charge in [-0.2, -0.15) is 0 Å². The number of hydrogen-bond acceptors (Lipinski definition) is 2. The summed E-state index contributed by atoms with van der Waals surface area (Å²) in [4.78, 5) is 12.7. The van der Waals surface area contributed by atoms with Gasteiger partial charge in [0.05, 0.1) is 0 Å². The zero-order valence-electron chi connectivity index (χ0n) is 8.41. The minimum atomic E-state index is -0.733. The van der Waals surface area contributed by atoms with E-state index in [1.54, 1.807) is 4.90 Å². The van der Waals surface area contributed by atoms with Crippen molar-refractivity contribution in [2.24, 2.45) is 5.92 Å². The highest BCUT2D eigenvalue weighted by molar-refractivity contribution is 5.65. The van der Waals surface area contributed by atoms with E-state index in [0.29, 0.717) is 5.92 Å². The average molecular weight is 198 g/mol. The Balaban J connectivity index is 1.89. The van der Waals surface area contributed by atoms with Gasteiger partial charge in [-0.15, -0.1) is 0 Å². The Labute approximate surface area is 84.3 Å². The van der Waals surface area contributed by atoms with E-state index in [1.807, 2.05) is 0 Å². The third kappa shape index (κ3) is 2.38. The van der Waals surface area contributed by atoms with Crippen LogP contribution in [-0.2, 0) is 0 Å². The maximum atomic E-state index is 11.1. The van der Waals surface area contributed by atoms with Crippen LogP contribution in [0.1, 0.15) is 25.7 Å². The van der Waals surface area contributed by atoms with Crippen molar-refractivity contribution in [3.63, 3.8) is 0 Å². The molecule has 1 aliphatic carbocycles. The van der Waals surface area contributed by atoms with Crippen LogP contribution < -0.4 is 5.32 Å². The van der Waals surface area contributed by atoms with Crippen LogP contribution in [0.5, 0.6) is 0 Å². The van der Waals surface area contributed by atoms with Crippen LogP contribution in [0.15, 0.2) is 0 Å². The highest BCUT2D eigenvalue weighted by Crippen LogP contribution is 2.31. The zero-order chi connectivity index (χ0) is 9.97. The number of rotatable bonds is 3. The van der Waals surface area contributed by atoms with Crippen molar-refractivity contribution in [1.29, 1.82) is 0 Å². The topological polar surface area (TPSA) is 52.6 Å². The van der Waals surface area contributed by atoms with Crippen LogP contribution >= 0.6 is 0 Å². The Hall–Kier alpha value is -0.770. The number of nitrogens with one attached hydrogen (secondary N) is 1. The van der Waals surface area contributed by atoms with E-state index in [0.717, 1.165) is 32.5 Å². The van der Waals surface area contributed by atoms with Crippen molar-refractivity contribution in [1.82, 2.24) is 10.2 Å². The predicted octanol–water partition coefficient (Wildman–Crippen LogP) is 1.13. The first kappa shape index (κ1) is 9.77. The van der Waals surface area contributed by atoms with Crippen molar-refractivity contribution in [2.75, 3.05) is 19.6 Å². The number of carbonyl (C=O) groups is 1. The van der Waals surface area contributed by atoms with E-state index in [1.165, 1.54) is 12.8 Å². The van der Waals surface area contributed by atoms with Crippen molar-refractivity contribution in [3.05, 3.63) is 0 Å². The van der Waals surface area contributed by atoms with Crippen LogP contribution in [0.25, 0.3) is 0 Å². The Morgan fingerprint density at radius 3 is 2.43 bits per heavy atom. The summed E-state index contributed by atoms with van der Waals surface area (Å²) in [5.41, 5.74) is 0. The van der Waals surface area contributed by atoms with Crippen LogP contribution in [0.3, 0.4) is 0 Å². The maximum absolute atomic E-state index is 11.1. The lowest BCUT2D eigenvalue weighted by molar-refractivity contribution is 0.110. The fraction of sp³-hybridized carbons (Fsp3) is 0.900. The number of carboxylic acid groups (broad SMARTS) is 1. The first-order chi connectivity index (χ1) is 6.77. The van der Waals surface area contributed by atoms with Gasteiger partial charge in [-0.1, -0.05) is 0 Å². The van der Waals surface area contributed by atoms with Crippen molar-refractivity contribution in [2.45, 2.75) is 31.7 Å². The number of piperidine rings is 1. The molecule has 1 aliphatic heterocycles. The van der Waals surface area contributed by atoms with Gasteiger partial charge in [-0.05, 0) is 44.7 Å². The lowest BCUT2D eigenvalue weighted by Crippen LogP contribution is -2.46. The molecule has 0 unspecified atom stereocenters. The lowest BCUT2D eigenvalue weighted by Gasteiger charge is -2.32. The normalized spacial score (nSPS) is 23.4. The Kier molecular flexibility index (Phi) is 2.91. The van der Waals surface area contributed by atoms with E-state index >= 15 is 0 Å². The minimum Gasteiger partial charge on any atom is -0.465 e. The lowest BCUT2D eigenvalue weighted by atomic mass is 10.0. The first-order valence-electron chi connectivity index (χ1n) is 5.47. The maximum Gasteiger partial charge on any atom is 0.407 e. The second-order valence-electron chi connectivity index (χ2n) is 4.36. The molecule has 0 atom stereocenters. The average Bonchev–Trinajstić information content (AvgIpc) is 2.99. The van der Waals surface area contributed by atoms with Gasteiger partial charge >= 0.3 is 6.09 Å². The molecule has 1 heterocycles. The van der Waals surface area contributed by atoms with Gasteiger partial charge < -0.3 is 15.3 Å². The molecule has 1 amide bonds. The van der Waals surface area contributed by atoms with Crippen molar-refractivity contribution in [3.8, 4) is 0 Å². The van der Waals surface area contributed by atoms with E-state index < -0.39 is 6.09 Å². The Morgan fingerprint density at radius 2 is 1.93 bits per heavy atom. The molecule has 1 saturated heterocycles. The number of nitrogens with zero attached hydrogens (tertiary/aromatic N) is 1. The second kappa shape index (κ2) is 4.17. The SMILES string of the molecule is O=C(O)N(CC1CC1)C1CCNCC1. The zero-order valence-corrected chi connectivity index (χ0v) is 8.41. The molecule has 2 fully saturated rings. The molecule has 0 aromatic carbocycles. The standard InChI is InChI=1S/C10H18N2O2/c13-10(14)12(7-8-1-2-8)9-3-5-11-6-4-9/h8-9,11H,1-7H2,(H,13,14).